The highest BCUT2D eigenvalue weighted by Crippen LogP contribution is 2.25. The maximum absolute atomic E-state index is 12.8. The van der Waals surface area contributed by atoms with Crippen LogP contribution in [0.3, 0.4) is 0 Å². The minimum Gasteiger partial charge on any atom is -0.416 e. The van der Waals surface area contributed by atoms with Crippen molar-refractivity contribution in [3.8, 4) is 22.9 Å². The highest BCUT2D eigenvalue weighted by atomic mass is 19.3. The number of halogens is 4. The van der Waals surface area contributed by atoms with E-state index in [4.69, 9.17) is 9.15 Å². The number of nitrogens with zero attached hydrogens (tertiary/aromatic N) is 3. The molecular weight excluding hydrogens is 354 g/mol. The van der Waals surface area contributed by atoms with Crippen molar-refractivity contribution in [2.24, 2.45) is 0 Å². The predicted molar refractivity (Wildman–Crippen MR) is 83.6 cm³/mol. The lowest BCUT2D eigenvalue weighted by molar-refractivity contribution is -0.168. The summed E-state index contributed by atoms with van der Waals surface area (Å²) in [6.45, 7) is -1.61. The molecule has 0 saturated heterocycles. The lowest BCUT2D eigenvalue weighted by atomic mass is 10.1. The molecule has 0 fully saturated rings. The van der Waals surface area contributed by atoms with Gasteiger partial charge in [0.15, 0.2) is 0 Å². The van der Waals surface area contributed by atoms with Gasteiger partial charge < -0.3 is 9.15 Å². The number of hydrogen-bond acceptors (Lipinski definition) is 5. The van der Waals surface area contributed by atoms with Crippen LogP contribution in [0, 0.1) is 0 Å². The molecule has 9 heteroatoms. The molecule has 2 aromatic heterocycles. The molecule has 2 heterocycles. The molecule has 0 aliphatic rings. The third kappa shape index (κ3) is 4.23. The zero-order chi connectivity index (χ0) is 18.6. The molecule has 3 aromatic rings. The average molecular weight is 367 g/mol. The van der Waals surface area contributed by atoms with E-state index in [9.17, 15) is 17.6 Å². The fourth-order valence-corrected chi connectivity index (χ4v) is 2.11. The lowest BCUT2D eigenvalue weighted by Gasteiger charge is -2.15. The molecule has 0 bridgehead atoms. The van der Waals surface area contributed by atoms with Crippen LogP contribution in [0.4, 0.5) is 17.6 Å². The Bertz CT molecular complexity index is 856. The van der Waals surface area contributed by atoms with E-state index >= 15 is 0 Å². The van der Waals surface area contributed by atoms with Gasteiger partial charge in [0.1, 0.15) is 6.61 Å². The second-order valence-electron chi connectivity index (χ2n) is 5.40. The summed E-state index contributed by atoms with van der Waals surface area (Å²) >= 11 is 0. The van der Waals surface area contributed by atoms with Crippen LogP contribution in [0.5, 0.6) is 0 Å². The molecule has 0 radical (unpaired) electrons. The van der Waals surface area contributed by atoms with Crippen molar-refractivity contribution in [2.45, 2.75) is 19.0 Å². The number of pyridine rings is 1. The van der Waals surface area contributed by atoms with Crippen LogP contribution in [0.25, 0.3) is 22.9 Å². The van der Waals surface area contributed by atoms with E-state index in [1.54, 1.807) is 48.8 Å². The van der Waals surface area contributed by atoms with Crippen LogP contribution in [0.2, 0.25) is 0 Å². The van der Waals surface area contributed by atoms with Crippen molar-refractivity contribution in [1.29, 1.82) is 0 Å². The first kappa shape index (κ1) is 18.0. The molecule has 0 N–H and O–H groups in total. The Kier molecular flexibility index (Phi) is 5.27. The summed E-state index contributed by atoms with van der Waals surface area (Å²) in [6, 6.07) is 9.99. The van der Waals surface area contributed by atoms with Gasteiger partial charge in [0.05, 0.1) is 6.61 Å². The number of alkyl halides is 4. The number of ether oxygens (including phenoxy) is 1. The van der Waals surface area contributed by atoms with E-state index in [2.05, 4.69) is 15.2 Å². The minimum absolute atomic E-state index is 0.233. The SMILES string of the molecule is FC(F)C(F)(F)COCc1cccc(-c2nnc(-c3ccncc3)o2)c1. The van der Waals surface area contributed by atoms with Gasteiger partial charge in [-0.1, -0.05) is 12.1 Å². The molecule has 1 aromatic carbocycles. The van der Waals surface area contributed by atoms with Crippen LogP contribution in [-0.2, 0) is 11.3 Å². The average Bonchev–Trinajstić information content (AvgIpc) is 3.13. The van der Waals surface area contributed by atoms with Crippen LogP contribution in [0.1, 0.15) is 5.56 Å². The van der Waals surface area contributed by atoms with E-state index in [1.165, 1.54) is 0 Å². The van der Waals surface area contributed by atoms with Crippen molar-refractivity contribution >= 4 is 0 Å². The van der Waals surface area contributed by atoms with Crippen LogP contribution in [0.15, 0.2) is 53.2 Å². The highest BCUT2D eigenvalue weighted by molar-refractivity contribution is 5.57. The first-order valence-electron chi connectivity index (χ1n) is 7.52. The van der Waals surface area contributed by atoms with E-state index < -0.39 is 19.0 Å². The van der Waals surface area contributed by atoms with Crippen LogP contribution in [-0.4, -0.2) is 34.1 Å². The molecule has 0 amide bonds. The largest absolute Gasteiger partial charge is 0.416 e. The van der Waals surface area contributed by atoms with Gasteiger partial charge in [-0.2, -0.15) is 8.78 Å². The summed E-state index contributed by atoms with van der Waals surface area (Å²) < 4.78 is 60.2. The normalized spacial score (nSPS) is 11.9. The molecule has 5 nitrogen and oxygen atoms in total. The second kappa shape index (κ2) is 7.61. The number of aromatic nitrogens is 3. The smallest absolute Gasteiger partial charge is 0.330 e. The number of hydrogen-bond donors (Lipinski definition) is 0. The summed E-state index contributed by atoms with van der Waals surface area (Å²) in [5.41, 5.74) is 1.77. The summed E-state index contributed by atoms with van der Waals surface area (Å²) in [5.74, 6) is -3.64. The van der Waals surface area contributed by atoms with E-state index in [-0.39, 0.29) is 12.5 Å². The fourth-order valence-electron chi connectivity index (χ4n) is 2.11. The van der Waals surface area contributed by atoms with Gasteiger partial charge >= 0.3 is 12.3 Å². The number of benzene rings is 1. The Morgan fingerprint density at radius 2 is 1.69 bits per heavy atom. The zero-order valence-corrected chi connectivity index (χ0v) is 13.3. The highest BCUT2D eigenvalue weighted by Gasteiger charge is 2.40. The van der Waals surface area contributed by atoms with Gasteiger partial charge in [0.25, 0.3) is 0 Å². The Labute approximate surface area is 145 Å². The summed E-state index contributed by atoms with van der Waals surface area (Å²) in [5, 5.41) is 7.90. The standard InChI is InChI=1S/C17H13F4N3O2/c18-16(19)17(20,21)10-25-9-11-2-1-3-13(8-11)15-24-23-14(26-15)12-4-6-22-7-5-12/h1-8,16H,9-10H2. The molecule has 0 aliphatic carbocycles. The monoisotopic (exact) mass is 367 g/mol. The summed E-state index contributed by atoms with van der Waals surface area (Å²) in [6.07, 6.45) is -0.586. The van der Waals surface area contributed by atoms with Crippen molar-refractivity contribution < 1.29 is 26.7 Å². The van der Waals surface area contributed by atoms with E-state index in [0.29, 0.717) is 22.6 Å². The first-order chi connectivity index (χ1) is 12.5. The van der Waals surface area contributed by atoms with Gasteiger partial charge in [-0.05, 0) is 29.8 Å². The molecular formula is C17H13F4N3O2. The molecule has 0 spiro atoms. The van der Waals surface area contributed by atoms with Gasteiger partial charge in [-0.25, -0.2) is 8.78 Å². The second-order valence-corrected chi connectivity index (χ2v) is 5.40. The maximum Gasteiger partial charge on any atom is 0.330 e. The Balaban J connectivity index is 1.69. The van der Waals surface area contributed by atoms with Crippen LogP contribution < -0.4 is 0 Å². The van der Waals surface area contributed by atoms with Crippen molar-refractivity contribution in [2.75, 3.05) is 6.61 Å². The minimum atomic E-state index is -4.18. The molecule has 0 aliphatic heterocycles. The van der Waals surface area contributed by atoms with E-state index in [1.807, 2.05) is 0 Å². The third-order valence-electron chi connectivity index (χ3n) is 3.41. The third-order valence-corrected chi connectivity index (χ3v) is 3.41. The van der Waals surface area contributed by atoms with Crippen molar-refractivity contribution in [1.82, 2.24) is 15.2 Å². The van der Waals surface area contributed by atoms with Crippen LogP contribution >= 0.6 is 0 Å². The first-order valence-corrected chi connectivity index (χ1v) is 7.52. The van der Waals surface area contributed by atoms with Gasteiger partial charge in [-0.15, -0.1) is 10.2 Å². The molecule has 26 heavy (non-hydrogen) atoms. The molecule has 3 rings (SSSR count). The maximum atomic E-state index is 12.8. The quantitative estimate of drug-likeness (QED) is 0.585. The predicted octanol–water partition coefficient (Wildman–Crippen LogP) is 4.22. The Morgan fingerprint density at radius 3 is 2.38 bits per heavy atom. The summed E-state index contributed by atoms with van der Waals surface area (Å²) in [4.78, 5) is 3.90. The fraction of sp³-hybridized carbons (Fsp3) is 0.235. The van der Waals surface area contributed by atoms with Gasteiger partial charge in [0.2, 0.25) is 11.8 Å². The number of rotatable bonds is 7. The lowest BCUT2D eigenvalue weighted by Crippen LogP contribution is -2.32. The Morgan fingerprint density at radius 1 is 1.00 bits per heavy atom. The summed E-state index contributed by atoms with van der Waals surface area (Å²) in [7, 11) is 0. The van der Waals surface area contributed by atoms with Crippen molar-refractivity contribution in [3.05, 3.63) is 54.4 Å². The van der Waals surface area contributed by atoms with Gasteiger partial charge in [-0.3, -0.25) is 4.98 Å². The van der Waals surface area contributed by atoms with Crippen molar-refractivity contribution in [3.63, 3.8) is 0 Å². The molecule has 0 unspecified atom stereocenters. The zero-order valence-electron chi connectivity index (χ0n) is 13.3. The molecule has 0 saturated carbocycles. The topological polar surface area (TPSA) is 61.0 Å². The van der Waals surface area contributed by atoms with E-state index in [0.717, 1.165) is 0 Å². The molecule has 136 valence electrons. The Hall–Kier alpha value is -2.81. The van der Waals surface area contributed by atoms with Gasteiger partial charge in [0, 0.05) is 23.5 Å². The molecule has 0 atom stereocenters.